The average Bonchev–Trinajstić information content (AvgIpc) is 3.06. The van der Waals surface area contributed by atoms with Gasteiger partial charge in [0.1, 0.15) is 5.69 Å². The third-order valence-electron chi connectivity index (χ3n) is 3.68. The van der Waals surface area contributed by atoms with E-state index in [9.17, 15) is 0 Å². The van der Waals surface area contributed by atoms with Gasteiger partial charge in [-0.2, -0.15) is 0 Å². The van der Waals surface area contributed by atoms with Gasteiger partial charge in [0.25, 0.3) is 0 Å². The average molecular weight is 256 g/mol. The summed E-state index contributed by atoms with van der Waals surface area (Å²) in [7, 11) is 0. The van der Waals surface area contributed by atoms with E-state index in [0.717, 1.165) is 18.0 Å². The maximum absolute atomic E-state index is 5.65. The summed E-state index contributed by atoms with van der Waals surface area (Å²) in [5.41, 5.74) is 6.00. The summed E-state index contributed by atoms with van der Waals surface area (Å²) in [5, 5.41) is 3.50. The number of oxazole rings is 1. The fourth-order valence-corrected chi connectivity index (χ4v) is 2.67. The van der Waals surface area contributed by atoms with Gasteiger partial charge < -0.3 is 9.73 Å². The number of hydrogen-bond donors (Lipinski definition) is 1. The first kappa shape index (κ1) is 12.4. The van der Waals surface area contributed by atoms with Crippen LogP contribution in [-0.2, 0) is 6.54 Å². The Balaban J connectivity index is 1.95. The molecule has 1 aliphatic carbocycles. The molecule has 100 valence electrons. The molecule has 1 aliphatic rings. The smallest absolute Gasteiger partial charge is 0.181 e. The highest BCUT2D eigenvalue weighted by atomic mass is 16.3. The van der Waals surface area contributed by atoms with Crippen LogP contribution in [0.5, 0.6) is 0 Å². The Hall–Kier alpha value is -1.61. The van der Waals surface area contributed by atoms with E-state index in [-0.39, 0.29) is 0 Å². The van der Waals surface area contributed by atoms with E-state index in [4.69, 9.17) is 4.42 Å². The van der Waals surface area contributed by atoms with Crippen molar-refractivity contribution in [1.82, 2.24) is 10.3 Å². The topological polar surface area (TPSA) is 38.1 Å². The van der Waals surface area contributed by atoms with Crippen LogP contribution in [0, 0.1) is 20.8 Å². The zero-order valence-corrected chi connectivity index (χ0v) is 11.8. The van der Waals surface area contributed by atoms with E-state index in [2.05, 4.69) is 43.2 Å². The first-order valence-electron chi connectivity index (χ1n) is 6.89. The third-order valence-corrected chi connectivity index (χ3v) is 3.68. The minimum absolute atomic E-state index is 0.685. The van der Waals surface area contributed by atoms with Gasteiger partial charge >= 0.3 is 0 Å². The molecule has 0 atom stereocenters. The van der Waals surface area contributed by atoms with Crippen LogP contribution in [0.4, 0.5) is 0 Å². The first-order valence-corrected chi connectivity index (χ1v) is 6.89. The molecule has 1 aromatic carbocycles. The first-order chi connectivity index (χ1) is 9.15. The molecule has 1 heterocycles. The van der Waals surface area contributed by atoms with Gasteiger partial charge in [-0.3, -0.25) is 0 Å². The van der Waals surface area contributed by atoms with Crippen LogP contribution in [0.2, 0.25) is 0 Å². The lowest BCUT2D eigenvalue weighted by Gasteiger charge is -2.10. The van der Waals surface area contributed by atoms with Crippen molar-refractivity contribution in [3.05, 3.63) is 40.9 Å². The van der Waals surface area contributed by atoms with Gasteiger partial charge in [-0.1, -0.05) is 17.7 Å². The highest BCUT2D eigenvalue weighted by Gasteiger charge is 2.22. The van der Waals surface area contributed by atoms with E-state index in [1.54, 1.807) is 6.39 Å². The Kier molecular flexibility index (Phi) is 3.15. The minimum atomic E-state index is 0.685. The van der Waals surface area contributed by atoms with E-state index < -0.39 is 0 Å². The summed E-state index contributed by atoms with van der Waals surface area (Å²) in [5.74, 6) is 0.920. The van der Waals surface area contributed by atoms with E-state index in [1.807, 2.05) is 0 Å². The Labute approximate surface area is 114 Å². The molecule has 3 rings (SSSR count). The molecule has 3 nitrogen and oxygen atoms in total. The normalized spacial score (nSPS) is 14.9. The van der Waals surface area contributed by atoms with Gasteiger partial charge in [0.2, 0.25) is 0 Å². The maximum Gasteiger partial charge on any atom is 0.181 e. The van der Waals surface area contributed by atoms with Crippen LogP contribution in [0.3, 0.4) is 0 Å². The van der Waals surface area contributed by atoms with Crippen molar-refractivity contribution in [3.8, 4) is 11.3 Å². The zero-order valence-electron chi connectivity index (χ0n) is 11.8. The van der Waals surface area contributed by atoms with E-state index in [1.165, 1.54) is 35.1 Å². The van der Waals surface area contributed by atoms with Crippen LogP contribution in [0.15, 0.2) is 22.9 Å². The predicted octanol–water partition coefficient (Wildman–Crippen LogP) is 3.52. The Morgan fingerprint density at radius 2 is 1.89 bits per heavy atom. The van der Waals surface area contributed by atoms with E-state index >= 15 is 0 Å². The summed E-state index contributed by atoms with van der Waals surface area (Å²) >= 11 is 0. The van der Waals surface area contributed by atoms with Crippen molar-refractivity contribution < 1.29 is 4.42 Å². The molecular weight excluding hydrogens is 236 g/mol. The molecule has 3 heteroatoms. The highest BCUT2D eigenvalue weighted by Crippen LogP contribution is 2.31. The molecule has 0 amide bonds. The van der Waals surface area contributed by atoms with Crippen molar-refractivity contribution in [2.75, 3.05) is 0 Å². The summed E-state index contributed by atoms with van der Waals surface area (Å²) < 4.78 is 5.65. The molecule has 0 bridgehead atoms. The van der Waals surface area contributed by atoms with Gasteiger partial charge in [0, 0.05) is 18.2 Å². The number of benzene rings is 1. The summed E-state index contributed by atoms with van der Waals surface area (Å²) in [6.07, 6.45) is 4.13. The molecule has 0 saturated heterocycles. The fourth-order valence-electron chi connectivity index (χ4n) is 2.67. The third kappa shape index (κ3) is 2.56. The lowest BCUT2D eigenvalue weighted by molar-refractivity contribution is 0.568. The lowest BCUT2D eigenvalue weighted by Crippen LogP contribution is -2.16. The number of rotatable bonds is 4. The second kappa shape index (κ2) is 4.82. The van der Waals surface area contributed by atoms with Crippen LogP contribution < -0.4 is 5.32 Å². The van der Waals surface area contributed by atoms with Crippen molar-refractivity contribution in [3.63, 3.8) is 0 Å². The van der Waals surface area contributed by atoms with Crippen LogP contribution >= 0.6 is 0 Å². The molecule has 1 fully saturated rings. The monoisotopic (exact) mass is 256 g/mol. The lowest BCUT2D eigenvalue weighted by atomic mass is 9.97. The SMILES string of the molecule is Cc1cc(C)c(-c2ocnc2CNC2CC2)c(C)c1. The highest BCUT2D eigenvalue weighted by molar-refractivity contribution is 5.68. The largest absolute Gasteiger partial charge is 0.443 e. The number of nitrogens with zero attached hydrogens (tertiary/aromatic N) is 1. The number of nitrogens with one attached hydrogen (secondary N) is 1. The van der Waals surface area contributed by atoms with Gasteiger partial charge in [-0.25, -0.2) is 4.98 Å². The minimum Gasteiger partial charge on any atom is -0.443 e. The summed E-state index contributed by atoms with van der Waals surface area (Å²) in [6, 6.07) is 5.08. The molecule has 0 unspecified atom stereocenters. The molecule has 1 N–H and O–H groups in total. The molecule has 19 heavy (non-hydrogen) atoms. The molecule has 2 aromatic rings. The van der Waals surface area contributed by atoms with Gasteiger partial charge in [0.05, 0.1) is 0 Å². The quantitative estimate of drug-likeness (QED) is 0.909. The van der Waals surface area contributed by atoms with Crippen LogP contribution in [0.25, 0.3) is 11.3 Å². The summed E-state index contributed by atoms with van der Waals surface area (Å²) in [4.78, 5) is 4.37. The maximum atomic E-state index is 5.65. The van der Waals surface area contributed by atoms with Crippen molar-refractivity contribution in [2.45, 2.75) is 46.2 Å². The molecule has 1 aromatic heterocycles. The fraction of sp³-hybridized carbons (Fsp3) is 0.438. The second-order valence-electron chi connectivity index (χ2n) is 5.56. The van der Waals surface area contributed by atoms with Gasteiger partial charge in [-0.05, 0) is 44.7 Å². The van der Waals surface area contributed by atoms with Crippen LogP contribution in [-0.4, -0.2) is 11.0 Å². The standard InChI is InChI=1S/C16H20N2O/c1-10-6-11(2)15(12(3)7-10)16-14(18-9-19-16)8-17-13-4-5-13/h6-7,9,13,17H,4-5,8H2,1-3H3. The second-order valence-corrected chi connectivity index (χ2v) is 5.56. The van der Waals surface area contributed by atoms with Gasteiger partial charge in [0.15, 0.2) is 12.2 Å². The Bertz CT molecular complexity index is 574. The Morgan fingerprint density at radius 3 is 2.53 bits per heavy atom. The number of aryl methyl sites for hydroxylation is 3. The molecule has 0 radical (unpaired) electrons. The number of hydrogen-bond acceptors (Lipinski definition) is 3. The van der Waals surface area contributed by atoms with E-state index in [0.29, 0.717) is 6.04 Å². The Morgan fingerprint density at radius 1 is 1.21 bits per heavy atom. The van der Waals surface area contributed by atoms with Crippen molar-refractivity contribution in [2.24, 2.45) is 0 Å². The molecule has 1 saturated carbocycles. The molecule has 0 aliphatic heterocycles. The molecular formula is C16H20N2O. The van der Waals surface area contributed by atoms with Crippen molar-refractivity contribution >= 4 is 0 Å². The molecule has 0 spiro atoms. The predicted molar refractivity (Wildman–Crippen MR) is 76.0 cm³/mol. The van der Waals surface area contributed by atoms with Crippen molar-refractivity contribution in [1.29, 1.82) is 0 Å². The van der Waals surface area contributed by atoms with Gasteiger partial charge in [-0.15, -0.1) is 0 Å². The van der Waals surface area contributed by atoms with Crippen LogP contribution in [0.1, 0.15) is 35.2 Å². The number of aromatic nitrogens is 1. The zero-order chi connectivity index (χ0) is 13.4. The summed E-state index contributed by atoms with van der Waals surface area (Å²) in [6.45, 7) is 7.19.